The summed E-state index contributed by atoms with van der Waals surface area (Å²) in [6.07, 6.45) is 0. The van der Waals surface area contributed by atoms with Crippen LogP contribution in [0.1, 0.15) is 11.1 Å². The molecule has 0 heterocycles. The maximum absolute atomic E-state index is 3.70. The Morgan fingerprint density at radius 3 is 1.16 bits per heavy atom. The standard InChI is InChI=1S/C23H28Si2/c1-24(2,3)23(25(4,5)6,19-17-21-13-9-7-10-14-21)20-18-22-15-11-8-12-16-22/h7-16H,1-6H3. The highest BCUT2D eigenvalue weighted by molar-refractivity contribution is 7.00. The molecule has 0 saturated heterocycles. The first-order valence-electron chi connectivity index (χ1n) is 8.82. The molecule has 0 aliphatic heterocycles. The zero-order valence-corrected chi connectivity index (χ0v) is 18.3. The van der Waals surface area contributed by atoms with E-state index in [9.17, 15) is 0 Å². The Kier molecular flexibility index (Phi) is 5.78. The molecule has 2 aromatic rings. The van der Waals surface area contributed by atoms with Crippen LogP contribution in [0.15, 0.2) is 60.7 Å². The molecule has 0 atom stereocenters. The normalized spacial score (nSPS) is 11.8. The van der Waals surface area contributed by atoms with Gasteiger partial charge in [0, 0.05) is 11.1 Å². The highest BCUT2D eigenvalue weighted by atomic mass is 28.4. The summed E-state index contributed by atoms with van der Waals surface area (Å²) in [6.45, 7) is 14.4. The minimum absolute atomic E-state index is 0.161. The van der Waals surface area contributed by atoms with Gasteiger partial charge >= 0.3 is 0 Å². The summed E-state index contributed by atoms with van der Waals surface area (Å²) >= 11 is 0. The van der Waals surface area contributed by atoms with Crippen molar-refractivity contribution in [3.63, 3.8) is 0 Å². The van der Waals surface area contributed by atoms with E-state index in [-0.39, 0.29) is 4.66 Å². The number of hydrogen-bond donors (Lipinski definition) is 0. The van der Waals surface area contributed by atoms with E-state index in [1.165, 1.54) is 0 Å². The fraction of sp³-hybridized carbons (Fsp3) is 0.304. The van der Waals surface area contributed by atoms with Gasteiger partial charge in [0.15, 0.2) is 0 Å². The molecule has 0 saturated carbocycles. The van der Waals surface area contributed by atoms with Crippen molar-refractivity contribution in [2.45, 2.75) is 43.9 Å². The minimum Gasteiger partial charge on any atom is -0.0849 e. The van der Waals surface area contributed by atoms with Crippen molar-refractivity contribution in [1.82, 2.24) is 0 Å². The molecule has 25 heavy (non-hydrogen) atoms. The largest absolute Gasteiger partial charge is 0.0849 e. The molecule has 0 aliphatic carbocycles. The fourth-order valence-corrected chi connectivity index (χ4v) is 14.0. The lowest BCUT2D eigenvalue weighted by Gasteiger charge is -2.44. The van der Waals surface area contributed by atoms with Gasteiger partial charge in [-0.3, -0.25) is 0 Å². The van der Waals surface area contributed by atoms with Gasteiger partial charge < -0.3 is 0 Å². The van der Waals surface area contributed by atoms with Gasteiger partial charge in [0.25, 0.3) is 0 Å². The Balaban J connectivity index is 2.63. The molecule has 0 aliphatic rings. The second kappa shape index (κ2) is 7.48. The average molecular weight is 361 g/mol. The number of hydrogen-bond acceptors (Lipinski definition) is 0. The first kappa shape index (κ1) is 19.3. The molecule has 2 rings (SSSR count). The predicted octanol–water partition coefficient (Wildman–Crippen LogP) is 6.05. The summed E-state index contributed by atoms with van der Waals surface area (Å²) in [7, 11) is -3.33. The highest BCUT2D eigenvalue weighted by Gasteiger charge is 2.51. The van der Waals surface area contributed by atoms with Crippen LogP contribution in [-0.2, 0) is 0 Å². The lowest BCUT2D eigenvalue weighted by molar-refractivity contribution is 1.16. The Labute approximate surface area is 155 Å². The molecule has 128 valence electrons. The first-order valence-corrected chi connectivity index (χ1v) is 15.8. The Morgan fingerprint density at radius 1 is 0.560 bits per heavy atom. The molecular weight excluding hydrogens is 332 g/mol. The molecule has 2 aromatic carbocycles. The zero-order chi connectivity index (χ0) is 18.6. The molecule has 0 amide bonds. The second-order valence-corrected chi connectivity index (χ2v) is 19.5. The Hall–Kier alpha value is -2.01. The molecule has 0 N–H and O–H groups in total. The Bertz CT molecular complexity index is 741. The van der Waals surface area contributed by atoms with Crippen molar-refractivity contribution in [3.8, 4) is 23.7 Å². The SMILES string of the molecule is C[Si](C)(C)C(C#Cc1ccccc1)(C#Cc1ccccc1)[Si](C)(C)C. The van der Waals surface area contributed by atoms with Crippen molar-refractivity contribution in [2.24, 2.45) is 0 Å². The average Bonchev–Trinajstić information content (AvgIpc) is 2.54. The smallest absolute Gasteiger partial charge is 0.0764 e. The predicted molar refractivity (Wildman–Crippen MR) is 116 cm³/mol. The van der Waals surface area contributed by atoms with E-state index >= 15 is 0 Å². The van der Waals surface area contributed by atoms with Crippen LogP contribution >= 0.6 is 0 Å². The van der Waals surface area contributed by atoms with E-state index in [1.807, 2.05) is 36.4 Å². The third-order valence-electron chi connectivity index (χ3n) is 4.59. The van der Waals surface area contributed by atoms with E-state index in [0.29, 0.717) is 0 Å². The minimum atomic E-state index is -1.67. The van der Waals surface area contributed by atoms with Crippen molar-refractivity contribution in [3.05, 3.63) is 71.8 Å². The van der Waals surface area contributed by atoms with E-state index in [1.54, 1.807) is 0 Å². The molecule has 2 heteroatoms. The third-order valence-corrected chi connectivity index (χ3v) is 14.1. The van der Waals surface area contributed by atoms with E-state index in [0.717, 1.165) is 11.1 Å². The van der Waals surface area contributed by atoms with Crippen molar-refractivity contribution >= 4 is 16.1 Å². The molecule has 0 unspecified atom stereocenters. The van der Waals surface area contributed by atoms with Gasteiger partial charge in [-0.1, -0.05) is 99.4 Å². The molecule has 0 spiro atoms. The topological polar surface area (TPSA) is 0 Å². The van der Waals surface area contributed by atoms with Crippen LogP contribution in [0.4, 0.5) is 0 Å². The third kappa shape index (κ3) is 4.54. The fourth-order valence-electron chi connectivity index (χ4n) is 3.28. The summed E-state index contributed by atoms with van der Waals surface area (Å²) in [5.74, 6) is 14.3. The van der Waals surface area contributed by atoms with Crippen LogP contribution in [0, 0.1) is 23.7 Å². The van der Waals surface area contributed by atoms with E-state index < -0.39 is 16.1 Å². The van der Waals surface area contributed by atoms with Crippen LogP contribution in [0.2, 0.25) is 43.9 Å². The second-order valence-electron chi connectivity index (χ2n) is 8.48. The summed E-state index contributed by atoms with van der Waals surface area (Å²) in [5.41, 5.74) is 2.15. The Morgan fingerprint density at radius 2 is 0.880 bits per heavy atom. The van der Waals surface area contributed by atoms with Gasteiger partial charge in [0.05, 0.1) is 20.8 Å². The van der Waals surface area contributed by atoms with Crippen LogP contribution in [-0.4, -0.2) is 16.1 Å². The summed E-state index contributed by atoms with van der Waals surface area (Å²) < 4.78 is -0.161. The molecule has 0 aromatic heterocycles. The van der Waals surface area contributed by atoms with E-state index in [4.69, 9.17) is 0 Å². The van der Waals surface area contributed by atoms with Gasteiger partial charge in [-0.2, -0.15) is 0 Å². The van der Waals surface area contributed by atoms with Gasteiger partial charge in [0.1, 0.15) is 0 Å². The first-order chi connectivity index (χ1) is 11.7. The lowest BCUT2D eigenvalue weighted by Crippen LogP contribution is -2.53. The molecule has 0 bridgehead atoms. The highest BCUT2D eigenvalue weighted by Crippen LogP contribution is 2.45. The van der Waals surface area contributed by atoms with Gasteiger partial charge in [-0.25, -0.2) is 0 Å². The van der Waals surface area contributed by atoms with Gasteiger partial charge in [0.2, 0.25) is 0 Å². The summed E-state index contributed by atoms with van der Waals surface area (Å²) in [4.78, 5) is 0. The van der Waals surface area contributed by atoms with Crippen LogP contribution in [0.3, 0.4) is 0 Å². The van der Waals surface area contributed by atoms with Crippen molar-refractivity contribution < 1.29 is 0 Å². The number of rotatable bonds is 2. The van der Waals surface area contributed by atoms with Crippen molar-refractivity contribution in [2.75, 3.05) is 0 Å². The van der Waals surface area contributed by atoms with Crippen LogP contribution in [0.5, 0.6) is 0 Å². The monoisotopic (exact) mass is 360 g/mol. The maximum Gasteiger partial charge on any atom is 0.0764 e. The molecule has 0 nitrogen and oxygen atoms in total. The van der Waals surface area contributed by atoms with Crippen LogP contribution < -0.4 is 0 Å². The van der Waals surface area contributed by atoms with Crippen molar-refractivity contribution in [1.29, 1.82) is 0 Å². The molecule has 0 radical (unpaired) electrons. The maximum atomic E-state index is 3.70. The summed E-state index contributed by atoms with van der Waals surface area (Å²) in [5, 5.41) is 0. The zero-order valence-electron chi connectivity index (χ0n) is 16.3. The number of benzene rings is 2. The van der Waals surface area contributed by atoms with E-state index in [2.05, 4.69) is 87.2 Å². The molecular formula is C23H28Si2. The lowest BCUT2D eigenvalue weighted by atomic mass is 10.2. The quantitative estimate of drug-likeness (QED) is 0.452. The van der Waals surface area contributed by atoms with Gasteiger partial charge in [-0.05, 0) is 24.3 Å². The summed E-state index contributed by atoms with van der Waals surface area (Å²) in [6, 6.07) is 20.6. The van der Waals surface area contributed by atoms with Crippen LogP contribution in [0.25, 0.3) is 0 Å². The van der Waals surface area contributed by atoms with Gasteiger partial charge in [-0.15, -0.1) is 0 Å². The molecule has 0 fully saturated rings.